The van der Waals surface area contributed by atoms with Crippen molar-refractivity contribution in [1.29, 1.82) is 0 Å². The highest BCUT2D eigenvalue weighted by molar-refractivity contribution is 7.98. The number of morpholine rings is 1. The molecule has 1 N–H and O–H groups in total. The molecule has 0 aliphatic carbocycles. The van der Waals surface area contributed by atoms with Crippen LogP contribution in [-0.4, -0.2) is 60.1 Å². The number of hydrogen-bond donors (Lipinski definition) is 1. The minimum atomic E-state index is -0.544. The molecular formula is C16H24N2O4S. The fraction of sp³-hybridized carbons (Fsp3) is 0.625. The number of ether oxygens (including phenoxy) is 1. The maximum atomic E-state index is 12.8. The molecule has 1 aromatic heterocycles. The lowest BCUT2D eigenvalue weighted by Crippen LogP contribution is -2.55. The van der Waals surface area contributed by atoms with Crippen molar-refractivity contribution in [3.8, 4) is 0 Å². The Balaban J connectivity index is 2.04. The molecule has 1 saturated heterocycles. The molecule has 23 heavy (non-hydrogen) atoms. The van der Waals surface area contributed by atoms with Gasteiger partial charge in [-0.25, -0.2) is 0 Å². The normalized spacial score (nSPS) is 22.7. The standard InChI is InChI=1S/C16H24N2O4S/c1-11-9-18(10-12(2)22-11)16(20)13(6-8-23-3)17-15(19)14-5-4-7-21-14/h4-5,7,11-13H,6,8-10H2,1-3H3,(H,17,19)/t11-,12-,13-/m1/s1. The minimum absolute atomic E-state index is 0.00433. The first-order valence-electron chi connectivity index (χ1n) is 7.78. The van der Waals surface area contributed by atoms with Crippen molar-refractivity contribution >= 4 is 23.6 Å². The van der Waals surface area contributed by atoms with Gasteiger partial charge in [0, 0.05) is 13.1 Å². The van der Waals surface area contributed by atoms with Crippen LogP contribution in [0.4, 0.5) is 0 Å². The van der Waals surface area contributed by atoms with Crippen molar-refractivity contribution in [3.63, 3.8) is 0 Å². The average molecular weight is 340 g/mol. The van der Waals surface area contributed by atoms with Crippen molar-refractivity contribution in [2.24, 2.45) is 0 Å². The van der Waals surface area contributed by atoms with Gasteiger partial charge in [0.05, 0.1) is 18.5 Å². The number of nitrogens with one attached hydrogen (secondary N) is 1. The number of furan rings is 1. The van der Waals surface area contributed by atoms with Crippen molar-refractivity contribution in [2.45, 2.75) is 38.5 Å². The highest BCUT2D eigenvalue weighted by atomic mass is 32.2. The highest BCUT2D eigenvalue weighted by Gasteiger charge is 2.31. The third-order valence-electron chi connectivity index (χ3n) is 3.69. The molecule has 1 aliphatic rings. The van der Waals surface area contributed by atoms with Gasteiger partial charge in [0.25, 0.3) is 5.91 Å². The van der Waals surface area contributed by atoms with Crippen molar-refractivity contribution in [3.05, 3.63) is 24.2 Å². The van der Waals surface area contributed by atoms with Crippen LogP contribution in [0.1, 0.15) is 30.8 Å². The summed E-state index contributed by atoms with van der Waals surface area (Å²) in [4.78, 5) is 26.8. The molecule has 1 aliphatic heterocycles. The van der Waals surface area contributed by atoms with Crippen molar-refractivity contribution in [1.82, 2.24) is 10.2 Å². The Morgan fingerprint density at radius 1 is 1.39 bits per heavy atom. The summed E-state index contributed by atoms with van der Waals surface area (Å²) in [7, 11) is 0. The Kier molecular flexibility index (Phi) is 6.53. The number of thioether (sulfide) groups is 1. The van der Waals surface area contributed by atoms with E-state index in [-0.39, 0.29) is 29.8 Å². The van der Waals surface area contributed by atoms with Gasteiger partial charge >= 0.3 is 0 Å². The number of amides is 2. The van der Waals surface area contributed by atoms with E-state index in [1.54, 1.807) is 28.8 Å². The van der Waals surface area contributed by atoms with Gasteiger partial charge in [0.15, 0.2) is 5.76 Å². The summed E-state index contributed by atoms with van der Waals surface area (Å²) in [6, 6.07) is 2.70. The van der Waals surface area contributed by atoms with E-state index in [0.717, 1.165) is 5.75 Å². The van der Waals surface area contributed by atoms with Crippen LogP contribution in [-0.2, 0) is 9.53 Å². The second-order valence-electron chi connectivity index (χ2n) is 5.79. The predicted octanol–water partition coefficient (Wildman–Crippen LogP) is 1.77. The van der Waals surface area contributed by atoms with Crippen molar-refractivity contribution in [2.75, 3.05) is 25.1 Å². The maximum absolute atomic E-state index is 12.8. The Hall–Kier alpha value is -1.47. The molecule has 0 bridgehead atoms. The van der Waals surface area contributed by atoms with E-state index >= 15 is 0 Å². The molecule has 1 fully saturated rings. The summed E-state index contributed by atoms with van der Waals surface area (Å²) in [5.74, 6) is 0.602. The molecule has 2 rings (SSSR count). The molecule has 0 aromatic carbocycles. The lowest BCUT2D eigenvalue weighted by molar-refractivity contribution is -0.145. The summed E-state index contributed by atoms with van der Waals surface area (Å²) in [6.45, 7) is 5.01. The molecule has 0 unspecified atom stereocenters. The molecular weight excluding hydrogens is 316 g/mol. The van der Waals surface area contributed by atoms with E-state index < -0.39 is 6.04 Å². The number of hydrogen-bond acceptors (Lipinski definition) is 5. The highest BCUT2D eigenvalue weighted by Crippen LogP contribution is 2.14. The van der Waals surface area contributed by atoms with Gasteiger partial charge in [-0.05, 0) is 44.4 Å². The Morgan fingerprint density at radius 3 is 2.65 bits per heavy atom. The van der Waals surface area contributed by atoms with Crippen LogP contribution in [0.15, 0.2) is 22.8 Å². The Bertz CT molecular complexity index is 510. The summed E-state index contributed by atoms with van der Waals surface area (Å²) < 4.78 is 10.8. The maximum Gasteiger partial charge on any atom is 0.287 e. The second kappa shape index (κ2) is 8.40. The average Bonchev–Trinajstić information content (AvgIpc) is 3.04. The van der Waals surface area contributed by atoms with Gasteiger partial charge in [-0.3, -0.25) is 9.59 Å². The van der Waals surface area contributed by atoms with E-state index in [0.29, 0.717) is 19.5 Å². The van der Waals surface area contributed by atoms with Gasteiger partial charge in [-0.15, -0.1) is 0 Å². The molecule has 7 heteroatoms. The second-order valence-corrected chi connectivity index (χ2v) is 6.77. The van der Waals surface area contributed by atoms with Crippen molar-refractivity contribution < 1.29 is 18.7 Å². The smallest absolute Gasteiger partial charge is 0.287 e. The lowest BCUT2D eigenvalue weighted by Gasteiger charge is -2.37. The van der Waals surface area contributed by atoms with Crippen LogP contribution in [0.5, 0.6) is 0 Å². The first kappa shape index (κ1) is 17.9. The van der Waals surface area contributed by atoms with E-state index in [9.17, 15) is 9.59 Å². The summed E-state index contributed by atoms with van der Waals surface area (Å²) in [6.07, 6.45) is 4.02. The Labute approximate surface area is 140 Å². The largest absolute Gasteiger partial charge is 0.459 e. The molecule has 1 aromatic rings. The van der Waals surface area contributed by atoms with Crippen LogP contribution >= 0.6 is 11.8 Å². The van der Waals surface area contributed by atoms with E-state index in [4.69, 9.17) is 9.15 Å². The van der Waals surface area contributed by atoms with Gasteiger partial charge in [0.1, 0.15) is 6.04 Å². The third-order valence-corrected chi connectivity index (χ3v) is 4.33. The molecule has 6 nitrogen and oxygen atoms in total. The third kappa shape index (κ3) is 5.00. The predicted molar refractivity (Wildman–Crippen MR) is 89.6 cm³/mol. The van der Waals surface area contributed by atoms with E-state index in [2.05, 4.69) is 5.32 Å². The number of carbonyl (C=O) groups is 2. The number of nitrogens with zero attached hydrogens (tertiary/aromatic N) is 1. The first-order valence-corrected chi connectivity index (χ1v) is 9.18. The molecule has 2 amide bonds. The Morgan fingerprint density at radius 2 is 2.09 bits per heavy atom. The van der Waals surface area contributed by atoms with Gasteiger partial charge in [-0.2, -0.15) is 11.8 Å². The zero-order chi connectivity index (χ0) is 16.8. The first-order chi connectivity index (χ1) is 11.0. The van der Waals surface area contributed by atoms with Gasteiger partial charge < -0.3 is 19.4 Å². The monoisotopic (exact) mass is 340 g/mol. The van der Waals surface area contributed by atoms with Crippen LogP contribution in [0.3, 0.4) is 0 Å². The van der Waals surface area contributed by atoms with Crippen LogP contribution in [0.2, 0.25) is 0 Å². The topological polar surface area (TPSA) is 71.8 Å². The zero-order valence-electron chi connectivity index (χ0n) is 13.8. The van der Waals surface area contributed by atoms with Crippen LogP contribution < -0.4 is 5.32 Å². The molecule has 0 spiro atoms. The fourth-order valence-corrected chi connectivity index (χ4v) is 3.18. The van der Waals surface area contributed by atoms with E-state index in [1.165, 1.54) is 6.26 Å². The number of carbonyl (C=O) groups excluding carboxylic acids is 2. The SMILES string of the molecule is CSCC[C@@H](NC(=O)c1ccco1)C(=O)N1C[C@@H](C)O[C@H](C)C1. The summed E-state index contributed by atoms with van der Waals surface area (Å²) in [5.41, 5.74) is 0. The molecule has 0 saturated carbocycles. The molecule has 128 valence electrons. The van der Waals surface area contributed by atoms with Gasteiger partial charge in [0.2, 0.25) is 5.91 Å². The van der Waals surface area contributed by atoms with Crippen LogP contribution in [0, 0.1) is 0 Å². The van der Waals surface area contributed by atoms with E-state index in [1.807, 2.05) is 20.1 Å². The van der Waals surface area contributed by atoms with Crippen LogP contribution in [0.25, 0.3) is 0 Å². The lowest BCUT2D eigenvalue weighted by atomic mass is 10.1. The quantitative estimate of drug-likeness (QED) is 0.854. The molecule has 3 atom stereocenters. The number of rotatable bonds is 6. The molecule has 0 radical (unpaired) electrons. The zero-order valence-corrected chi connectivity index (χ0v) is 14.6. The minimum Gasteiger partial charge on any atom is -0.459 e. The fourth-order valence-electron chi connectivity index (χ4n) is 2.71. The summed E-state index contributed by atoms with van der Waals surface area (Å²) in [5, 5.41) is 2.80. The molecule has 2 heterocycles. The van der Waals surface area contributed by atoms with Gasteiger partial charge in [-0.1, -0.05) is 0 Å². The summed E-state index contributed by atoms with van der Waals surface area (Å²) >= 11 is 1.65.